The van der Waals surface area contributed by atoms with Gasteiger partial charge in [-0.15, -0.1) is 0 Å². The van der Waals surface area contributed by atoms with Crippen LogP contribution in [0, 0.1) is 5.92 Å². The van der Waals surface area contributed by atoms with Crippen LogP contribution in [0.5, 0.6) is 0 Å². The molecular formula is C13H28N2O. The molecule has 1 rings (SSSR count). The number of ether oxygens (including phenoxy) is 1. The molecule has 1 aliphatic carbocycles. The third-order valence-corrected chi connectivity index (χ3v) is 3.49. The molecule has 0 spiro atoms. The lowest BCUT2D eigenvalue weighted by atomic mass is 10.2. The lowest BCUT2D eigenvalue weighted by Gasteiger charge is -2.20. The van der Waals surface area contributed by atoms with Crippen LogP contribution in [0.2, 0.25) is 0 Å². The molecule has 1 N–H and O–H groups in total. The number of hydrogen-bond acceptors (Lipinski definition) is 3. The van der Waals surface area contributed by atoms with Crippen LogP contribution in [-0.2, 0) is 4.74 Å². The maximum Gasteiger partial charge on any atom is 0.0618 e. The van der Waals surface area contributed by atoms with Gasteiger partial charge in [-0.2, -0.15) is 0 Å². The molecule has 0 aromatic rings. The quantitative estimate of drug-likeness (QED) is 0.576. The van der Waals surface area contributed by atoms with Crippen molar-refractivity contribution in [3.05, 3.63) is 0 Å². The van der Waals surface area contributed by atoms with Gasteiger partial charge in [0, 0.05) is 13.2 Å². The van der Waals surface area contributed by atoms with Gasteiger partial charge in [0.25, 0.3) is 0 Å². The summed E-state index contributed by atoms with van der Waals surface area (Å²) in [7, 11) is 1.80. The van der Waals surface area contributed by atoms with E-state index < -0.39 is 0 Å². The summed E-state index contributed by atoms with van der Waals surface area (Å²) in [5.41, 5.74) is 0. The number of nitrogens with zero attached hydrogens (tertiary/aromatic N) is 1. The Kier molecular flexibility index (Phi) is 7.01. The van der Waals surface area contributed by atoms with E-state index in [9.17, 15) is 0 Å². The maximum atomic E-state index is 5.25. The Hall–Kier alpha value is -0.120. The normalized spacial score (nSPS) is 18.0. The second-order valence-corrected chi connectivity index (χ2v) is 4.73. The summed E-state index contributed by atoms with van der Waals surface area (Å²) in [5, 5.41) is 3.63. The van der Waals surface area contributed by atoms with Crippen LogP contribution < -0.4 is 5.32 Å². The van der Waals surface area contributed by atoms with Crippen molar-refractivity contribution >= 4 is 0 Å². The van der Waals surface area contributed by atoms with E-state index in [1.54, 1.807) is 7.11 Å². The van der Waals surface area contributed by atoms with Gasteiger partial charge in [0.1, 0.15) is 0 Å². The smallest absolute Gasteiger partial charge is 0.0618 e. The number of rotatable bonds is 10. The molecule has 0 aromatic carbocycles. The molecule has 1 fully saturated rings. The number of nitrogens with one attached hydrogen (secondary N) is 1. The fourth-order valence-corrected chi connectivity index (χ4v) is 2.17. The third kappa shape index (κ3) is 5.28. The molecule has 0 amide bonds. The summed E-state index contributed by atoms with van der Waals surface area (Å²) in [6.45, 7) is 10.0. The predicted octanol–water partition coefficient (Wildman–Crippen LogP) is 1.73. The molecule has 0 saturated heterocycles. The first-order valence-corrected chi connectivity index (χ1v) is 6.76. The van der Waals surface area contributed by atoms with Gasteiger partial charge >= 0.3 is 0 Å². The van der Waals surface area contributed by atoms with Crippen molar-refractivity contribution in [2.75, 3.05) is 39.9 Å². The van der Waals surface area contributed by atoms with E-state index in [0.717, 1.165) is 19.1 Å². The molecule has 3 nitrogen and oxygen atoms in total. The van der Waals surface area contributed by atoms with Crippen molar-refractivity contribution in [1.82, 2.24) is 10.2 Å². The second-order valence-electron chi connectivity index (χ2n) is 4.73. The van der Waals surface area contributed by atoms with E-state index >= 15 is 0 Å². The predicted molar refractivity (Wildman–Crippen MR) is 68.8 cm³/mol. The lowest BCUT2D eigenvalue weighted by Crippen LogP contribution is -2.37. The fourth-order valence-electron chi connectivity index (χ4n) is 2.17. The highest BCUT2D eigenvalue weighted by Gasteiger charge is 2.30. The minimum atomic E-state index is 0.599. The van der Waals surface area contributed by atoms with Crippen LogP contribution in [0.15, 0.2) is 0 Å². The SMILES string of the molecule is CCN(CC)CCCNC(COC)C1CC1. The van der Waals surface area contributed by atoms with Gasteiger partial charge in [-0.3, -0.25) is 0 Å². The highest BCUT2D eigenvalue weighted by Crippen LogP contribution is 2.32. The monoisotopic (exact) mass is 228 g/mol. The van der Waals surface area contributed by atoms with Crippen molar-refractivity contribution < 1.29 is 4.74 Å². The summed E-state index contributed by atoms with van der Waals surface area (Å²) in [6, 6.07) is 0.599. The van der Waals surface area contributed by atoms with Crippen LogP contribution >= 0.6 is 0 Å². The van der Waals surface area contributed by atoms with Gasteiger partial charge in [-0.25, -0.2) is 0 Å². The number of hydrogen-bond donors (Lipinski definition) is 1. The molecule has 0 radical (unpaired) electrons. The molecule has 1 saturated carbocycles. The Morgan fingerprint density at radius 3 is 2.50 bits per heavy atom. The minimum absolute atomic E-state index is 0.599. The Morgan fingerprint density at radius 1 is 1.31 bits per heavy atom. The molecule has 1 atom stereocenters. The zero-order valence-electron chi connectivity index (χ0n) is 11.2. The molecule has 1 unspecified atom stereocenters. The second kappa shape index (κ2) is 8.04. The molecule has 0 aromatic heterocycles. The average Bonchev–Trinajstić information content (AvgIpc) is 3.12. The molecule has 1 aliphatic rings. The van der Waals surface area contributed by atoms with Crippen molar-refractivity contribution in [3.8, 4) is 0 Å². The van der Waals surface area contributed by atoms with Crippen LogP contribution in [0.1, 0.15) is 33.1 Å². The molecule has 0 bridgehead atoms. The zero-order chi connectivity index (χ0) is 11.8. The van der Waals surface area contributed by atoms with E-state index in [2.05, 4.69) is 24.1 Å². The highest BCUT2D eigenvalue weighted by atomic mass is 16.5. The highest BCUT2D eigenvalue weighted by molar-refractivity contribution is 4.86. The third-order valence-electron chi connectivity index (χ3n) is 3.49. The van der Waals surface area contributed by atoms with Crippen molar-refractivity contribution in [2.45, 2.75) is 39.2 Å². The van der Waals surface area contributed by atoms with Gasteiger partial charge in [-0.1, -0.05) is 13.8 Å². The largest absolute Gasteiger partial charge is 0.383 e. The van der Waals surface area contributed by atoms with Crippen molar-refractivity contribution in [1.29, 1.82) is 0 Å². The summed E-state index contributed by atoms with van der Waals surface area (Å²) in [6.07, 6.45) is 4.02. The van der Waals surface area contributed by atoms with Crippen molar-refractivity contribution in [2.24, 2.45) is 5.92 Å². The Bertz CT molecular complexity index is 167. The van der Waals surface area contributed by atoms with Crippen LogP contribution in [0.25, 0.3) is 0 Å². The lowest BCUT2D eigenvalue weighted by molar-refractivity contribution is 0.156. The maximum absolute atomic E-state index is 5.25. The number of methoxy groups -OCH3 is 1. The summed E-state index contributed by atoms with van der Waals surface area (Å²) in [5.74, 6) is 0.883. The first-order chi connectivity index (χ1) is 7.81. The van der Waals surface area contributed by atoms with E-state index in [4.69, 9.17) is 4.74 Å². The van der Waals surface area contributed by atoms with Gasteiger partial charge < -0.3 is 15.0 Å². The standard InChI is InChI=1S/C13H28N2O/c1-4-15(5-2)10-6-9-14-13(11-16-3)12-7-8-12/h12-14H,4-11H2,1-3H3. The van der Waals surface area contributed by atoms with Gasteiger partial charge in [-0.05, 0) is 51.4 Å². The Labute approximate surface area is 101 Å². The van der Waals surface area contributed by atoms with Crippen LogP contribution in [-0.4, -0.2) is 50.8 Å². The molecular weight excluding hydrogens is 200 g/mol. The minimum Gasteiger partial charge on any atom is -0.383 e. The average molecular weight is 228 g/mol. The molecule has 0 aliphatic heterocycles. The molecule has 96 valence electrons. The van der Waals surface area contributed by atoms with E-state index in [1.807, 2.05) is 0 Å². The summed E-state index contributed by atoms with van der Waals surface area (Å²) >= 11 is 0. The van der Waals surface area contributed by atoms with Gasteiger partial charge in [0.15, 0.2) is 0 Å². The topological polar surface area (TPSA) is 24.5 Å². The molecule has 0 heterocycles. The van der Waals surface area contributed by atoms with Gasteiger partial charge in [0.05, 0.1) is 6.61 Å². The Morgan fingerprint density at radius 2 is 2.00 bits per heavy atom. The van der Waals surface area contributed by atoms with Crippen molar-refractivity contribution in [3.63, 3.8) is 0 Å². The summed E-state index contributed by atoms with van der Waals surface area (Å²) < 4.78 is 5.25. The van der Waals surface area contributed by atoms with E-state index in [-0.39, 0.29) is 0 Å². The van der Waals surface area contributed by atoms with Crippen LogP contribution in [0.3, 0.4) is 0 Å². The van der Waals surface area contributed by atoms with E-state index in [1.165, 1.54) is 38.9 Å². The first-order valence-electron chi connectivity index (χ1n) is 6.76. The van der Waals surface area contributed by atoms with E-state index in [0.29, 0.717) is 6.04 Å². The Balaban J connectivity index is 2.03. The first kappa shape index (κ1) is 13.9. The van der Waals surface area contributed by atoms with Crippen LogP contribution in [0.4, 0.5) is 0 Å². The summed E-state index contributed by atoms with van der Waals surface area (Å²) in [4.78, 5) is 2.48. The van der Waals surface area contributed by atoms with Gasteiger partial charge in [0.2, 0.25) is 0 Å². The zero-order valence-corrected chi connectivity index (χ0v) is 11.2. The molecule has 16 heavy (non-hydrogen) atoms. The fraction of sp³-hybridized carbons (Fsp3) is 1.00. The molecule has 3 heteroatoms.